The molecule has 1 saturated carbocycles. The standard InChI is InChI=1S/C17H30N4/c1-3-13-11-20(10-9-16(13)18)17-19-14(4-2)12-21(17)15-7-5-6-8-15/h12-13,15-16H,3-11,18H2,1-2H3. The van der Waals surface area contributed by atoms with Crippen LogP contribution in [-0.4, -0.2) is 28.7 Å². The van der Waals surface area contributed by atoms with E-state index < -0.39 is 0 Å². The van der Waals surface area contributed by atoms with Gasteiger partial charge in [-0.1, -0.05) is 33.1 Å². The molecule has 0 amide bonds. The van der Waals surface area contributed by atoms with Crippen molar-refractivity contribution < 1.29 is 0 Å². The molecule has 0 radical (unpaired) electrons. The number of aromatic nitrogens is 2. The number of anilines is 1. The van der Waals surface area contributed by atoms with E-state index in [1.807, 2.05) is 0 Å². The van der Waals surface area contributed by atoms with E-state index >= 15 is 0 Å². The van der Waals surface area contributed by atoms with Crippen molar-refractivity contribution in [3.8, 4) is 0 Å². The Hall–Kier alpha value is -1.03. The van der Waals surface area contributed by atoms with Crippen molar-refractivity contribution in [2.24, 2.45) is 11.7 Å². The van der Waals surface area contributed by atoms with Crippen LogP contribution < -0.4 is 10.6 Å². The zero-order chi connectivity index (χ0) is 14.8. The Morgan fingerprint density at radius 3 is 2.67 bits per heavy atom. The molecule has 2 atom stereocenters. The van der Waals surface area contributed by atoms with E-state index in [4.69, 9.17) is 10.7 Å². The van der Waals surface area contributed by atoms with Gasteiger partial charge in [0.05, 0.1) is 5.69 Å². The molecule has 2 fully saturated rings. The minimum atomic E-state index is 0.367. The largest absolute Gasteiger partial charge is 0.342 e. The van der Waals surface area contributed by atoms with Crippen molar-refractivity contribution >= 4 is 5.95 Å². The molecule has 1 aromatic heterocycles. The van der Waals surface area contributed by atoms with E-state index in [1.54, 1.807) is 0 Å². The van der Waals surface area contributed by atoms with E-state index in [0.29, 0.717) is 18.0 Å². The molecule has 0 aromatic carbocycles. The molecule has 1 aliphatic carbocycles. The average Bonchev–Trinajstić information content (AvgIpc) is 3.16. The zero-order valence-electron chi connectivity index (χ0n) is 13.6. The summed E-state index contributed by atoms with van der Waals surface area (Å²) in [7, 11) is 0. The van der Waals surface area contributed by atoms with Gasteiger partial charge in [-0.15, -0.1) is 0 Å². The molecule has 2 unspecified atom stereocenters. The van der Waals surface area contributed by atoms with Gasteiger partial charge in [-0.25, -0.2) is 4.98 Å². The third-order valence-corrected chi connectivity index (χ3v) is 5.44. The lowest BCUT2D eigenvalue weighted by atomic mass is 9.91. The second-order valence-electron chi connectivity index (χ2n) is 6.80. The second-order valence-corrected chi connectivity index (χ2v) is 6.80. The average molecular weight is 290 g/mol. The molecule has 2 heterocycles. The SMILES string of the molecule is CCc1cn(C2CCCC2)c(N2CCC(N)C(CC)C2)n1. The second kappa shape index (κ2) is 6.39. The van der Waals surface area contributed by atoms with Gasteiger partial charge in [0.15, 0.2) is 0 Å². The lowest BCUT2D eigenvalue weighted by molar-refractivity contribution is 0.341. The molecule has 2 N–H and O–H groups in total. The summed E-state index contributed by atoms with van der Waals surface area (Å²) in [5.41, 5.74) is 7.50. The van der Waals surface area contributed by atoms with Crippen LogP contribution >= 0.6 is 0 Å². The van der Waals surface area contributed by atoms with Crippen LogP contribution in [0.2, 0.25) is 0 Å². The summed E-state index contributed by atoms with van der Waals surface area (Å²) in [4.78, 5) is 7.43. The maximum atomic E-state index is 6.27. The summed E-state index contributed by atoms with van der Waals surface area (Å²) in [6.45, 7) is 6.59. The third kappa shape index (κ3) is 2.96. The van der Waals surface area contributed by atoms with E-state index in [2.05, 4.69) is 29.5 Å². The van der Waals surface area contributed by atoms with E-state index in [0.717, 1.165) is 25.9 Å². The first-order valence-corrected chi connectivity index (χ1v) is 8.81. The molecule has 3 rings (SSSR count). The topological polar surface area (TPSA) is 47.1 Å². The Kier molecular flexibility index (Phi) is 4.53. The van der Waals surface area contributed by atoms with Crippen LogP contribution in [0.4, 0.5) is 5.95 Å². The summed E-state index contributed by atoms with van der Waals surface area (Å²) < 4.78 is 2.48. The van der Waals surface area contributed by atoms with Crippen molar-refractivity contribution in [2.45, 2.75) is 70.9 Å². The Morgan fingerprint density at radius 2 is 2.00 bits per heavy atom. The van der Waals surface area contributed by atoms with Crippen LogP contribution in [0.25, 0.3) is 0 Å². The van der Waals surface area contributed by atoms with Crippen molar-refractivity contribution in [1.29, 1.82) is 0 Å². The molecular weight excluding hydrogens is 260 g/mol. The number of hydrogen-bond donors (Lipinski definition) is 1. The first kappa shape index (κ1) is 14.9. The predicted octanol–water partition coefficient (Wildman–Crippen LogP) is 3.12. The van der Waals surface area contributed by atoms with Gasteiger partial charge >= 0.3 is 0 Å². The van der Waals surface area contributed by atoms with Gasteiger partial charge in [0.25, 0.3) is 0 Å². The molecule has 4 nitrogen and oxygen atoms in total. The maximum absolute atomic E-state index is 6.27. The molecular formula is C17H30N4. The van der Waals surface area contributed by atoms with Crippen LogP contribution in [0.3, 0.4) is 0 Å². The van der Waals surface area contributed by atoms with Gasteiger partial charge in [0.2, 0.25) is 5.95 Å². The number of nitrogens with two attached hydrogens (primary N) is 1. The van der Waals surface area contributed by atoms with Gasteiger partial charge in [-0.05, 0) is 31.6 Å². The Balaban J connectivity index is 1.84. The smallest absolute Gasteiger partial charge is 0.205 e. The minimum absolute atomic E-state index is 0.367. The van der Waals surface area contributed by atoms with Crippen molar-refractivity contribution in [1.82, 2.24) is 9.55 Å². The molecule has 0 spiro atoms. The van der Waals surface area contributed by atoms with Crippen molar-refractivity contribution in [3.63, 3.8) is 0 Å². The molecule has 4 heteroatoms. The summed E-state index contributed by atoms with van der Waals surface area (Å²) in [6, 6.07) is 1.04. The highest BCUT2D eigenvalue weighted by Gasteiger charge is 2.29. The number of aryl methyl sites for hydroxylation is 1. The summed E-state index contributed by atoms with van der Waals surface area (Å²) in [5, 5.41) is 0. The highest BCUT2D eigenvalue weighted by molar-refractivity contribution is 5.36. The number of rotatable bonds is 4. The normalized spacial score (nSPS) is 27.5. The number of nitrogens with zero attached hydrogens (tertiary/aromatic N) is 3. The Morgan fingerprint density at radius 1 is 1.24 bits per heavy atom. The minimum Gasteiger partial charge on any atom is -0.342 e. The fourth-order valence-electron chi connectivity index (χ4n) is 3.95. The fourth-order valence-corrected chi connectivity index (χ4v) is 3.95. The molecule has 1 aromatic rings. The van der Waals surface area contributed by atoms with Crippen LogP contribution in [0.1, 0.15) is 64.1 Å². The quantitative estimate of drug-likeness (QED) is 0.926. The van der Waals surface area contributed by atoms with Gasteiger partial charge in [-0.2, -0.15) is 0 Å². The van der Waals surface area contributed by atoms with Crippen molar-refractivity contribution in [3.05, 3.63) is 11.9 Å². The number of piperidine rings is 1. The Bertz CT molecular complexity index is 461. The summed E-state index contributed by atoms with van der Waals surface area (Å²) >= 11 is 0. The van der Waals surface area contributed by atoms with Crippen LogP contribution in [0.5, 0.6) is 0 Å². The van der Waals surface area contributed by atoms with Gasteiger partial charge in [-0.3, -0.25) is 0 Å². The van der Waals surface area contributed by atoms with Crippen LogP contribution in [-0.2, 0) is 6.42 Å². The molecule has 1 saturated heterocycles. The molecule has 118 valence electrons. The zero-order valence-corrected chi connectivity index (χ0v) is 13.6. The fraction of sp³-hybridized carbons (Fsp3) is 0.824. The Labute approximate surface area is 128 Å². The highest BCUT2D eigenvalue weighted by Crippen LogP contribution is 2.34. The van der Waals surface area contributed by atoms with Crippen molar-refractivity contribution in [2.75, 3.05) is 18.0 Å². The monoisotopic (exact) mass is 290 g/mol. The van der Waals surface area contributed by atoms with Crippen LogP contribution in [0.15, 0.2) is 6.20 Å². The first-order chi connectivity index (χ1) is 10.2. The molecule has 2 aliphatic rings. The third-order valence-electron chi connectivity index (χ3n) is 5.44. The van der Waals surface area contributed by atoms with E-state index in [1.165, 1.54) is 43.7 Å². The lowest BCUT2D eigenvalue weighted by Gasteiger charge is -2.37. The lowest BCUT2D eigenvalue weighted by Crippen LogP contribution is -2.47. The molecule has 0 bridgehead atoms. The summed E-state index contributed by atoms with van der Waals surface area (Å²) in [5.74, 6) is 1.82. The van der Waals surface area contributed by atoms with Gasteiger partial charge < -0.3 is 15.2 Å². The first-order valence-electron chi connectivity index (χ1n) is 8.81. The van der Waals surface area contributed by atoms with Gasteiger partial charge in [0.1, 0.15) is 0 Å². The molecule has 1 aliphatic heterocycles. The highest BCUT2D eigenvalue weighted by atomic mass is 15.3. The van der Waals surface area contributed by atoms with E-state index in [-0.39, 0.29) is 0 Å². The maximum Gasteiger partial charge on any atom is 0.205 e. The summed E-state index contributed by atoms with van der Waals surface area (Å²) in [6.07, 6.45) is 11.0. The van der Waals surface area contributed by atoms with Gasteiger partial charge in [0, 0.05) is 31.4 Å². The van der Waals surface area contributed by atoms with E-state index in [9.17, 15) is 0 Å². The van der Waals surface area contributed by atoms with Crippen LogP contribution in [0, 0.1) is 5.92 Å². The number of imidazole rings is 1. The number of hydrogen-bond acceptors (Lipinski definition) is 3. The molecule has 21 heavy (non-hydrogen) atoms. The predicted molar refractivity (Wildman–Crippen MR) is 87.7 cm³/mol.